The molecule has 41 heavy (non-hydrogen) atoms. The van der Waals surface area contributed by atoms with Crippen LogP contribution in [0.1, 0.15) is 36.8 Å². The summed E-state index contributed by atoms with van der Waals surface area (Å²) in [6.45, 7) is 0.736. The first-order chi connectivity index (χ1) is 19.1. The molecule has 1 saturated heterocycles. The molecule has 8 nitrogen and oxygen atoms in total. The first kappa shape index (κ1) is 31.8. The zero-order chi connectivity index (χ0) is 30.8. The quantitative estimate of drug-likeness (QED) is 0.408. The van der Waals surface area contributed by atoms with Crippen LogP contribution in [0.25, 0.3) is 0 Å². The van der Waals surface area contributed by atoms with Crippen LogP contribution < -0.4 is 25.4 Å². The number of carboxylic acids is 1. The van der Waals surface area contributed by atoms with E-state index in [-0.39, 0.29) is 11.5 Å². The fraction of sp³-hybridized carbons (Fsp3) is 0.462. The number of ether oxygens (including phenoxy) is 2. The Kier molecular flexibility index (Phi) is 9.30. The molecule has 2 fully saturated rings. The van der Waals surface area contributed by atoms with Crippen LogP contribution in [0, 0.1) is 5.82 Å². The summed E-state index contributed by atoms with van der Waals surface area (Å²) in [4.78, 5) is 22.2. The molecule has 0 spiro atoms. The summed E-state index contributed by atoms with van der Waals surface area (Å²) in [6, 6.07) is 7.05. The minimum absolute atomic E-state index is 0.0833. The smallest absolute Gasteiger partial charge is 0.490 e. The third-order valence-electron chi connectivity index (χ3n) is 7.41. The molecule has 0 unspecified atom stereocenters. The number of anilines is 1. The number of nitrogens with zero attached hydrogens (tertiary/aromatic N) is 1. The van der Waals surface area contributed by atoms with Crippen molar-refractivity contribution in [3.8, 4) is 11.5 Å². The normalized spacial score (nSPS) is 22.2. The van der Waals surface area contributed by atoms with Crippen LogP contribution in [0.2, 0.25) is 0 Å². The Bertz CT molecular complexity index is 1270. The van der Waals surface area contributed by atoms with Crippen molar-refractivity contribution in [1.29, 1.82) is 0 Å². The molecule has 3 atom stereocenters. The van der Waals surface area contributed by atoms with Crippen LogP contribution in [-0.4, -0.2) is 56.1 Å². The fourth-order valence-corrected chi connectivity index (χ4v) is 5.55. The van der Waals surface area contributed by atoms with Crippen molar-refractivity contribution < 1.29 is 54.9 Å². The summed E-state index contributed by atoms with van der Waals surface area (Å²) in [5.74, 6) is -3.04. The van der Waals surface area contributed by atoms with Gasteiger partial charge in [-0.05, 0) is 62.1 Å². The zero-order valence-electron chi connectivity index (χ0n) is 21.9. The number of fused-ring (bicyclic) bond motifs is 1. The number of carbonyl (C=O) groups excluding carboxylic acids is 1. The summed E-state index contributed by atoms with van der Waals surface area (Å²) < 4.78 is 97.2. The predicted octanol–water partition coefficient (Wildman–Crippen LogP) is 5.23. The average Bonchev–Trinajstić information content (AvgIpc) is 3.33. The van der Waals surface area contributed by atoms with Crippen LogP contribution in [-0.2, 0) is 16.4 Å². The number of halogens is 7. The minimum atomic E-state index is -5.08. The molecule has 15 heteroatoms. The lowest BCUT2D eigenvalue weighted by atomic mass is 9.65. The second-order valence-electron chi connectivity index (χ2n) is 9.56. The number of nitrogens with two attached hydrogens (primary N) is 1. The summed E-state index contributed by atoms with van der Waals surface area (Å²) in [7, 11) is 3.13. The topological polar surface area (TPSA) is 114 Å². The molecular formula is C26H28F7N3O5. The van der Waals surface area contributed by atoms with Crippen molar-refractivity contribution in [2.45, 2.75) is 55.5 Å². The molecule has 1 saturated carbocycles. The second-order valence-corrected chi connectivity index (χ2v) is 9.56. The molecule has 1 aliphatic carbocycles. The number of primary amides is 1. The lowest BCUT2D eigenvalue weighted by Crippen LogP contribution is -2.54. The molecule has 2 amide bonds. The number of methoxy groups -OCH3 is 2. The van der Waals surface area contributed by atoms with Crippen LogP contribution in [0.5, 0.6) is 11.5 Å². The van der Waals surface area contributed by atoms with Crippen molar-refractivity contribution in [2.24, 2.45) is 5.73 Å². The number of carbonyl (C=O) groups is 2. The molecule has 226 valence electrons. The summed E-state index contributed by atoms with van der Waals surface area (Å²) in [5, 5.41) is 10.6. The molecule has 1 aliphatic heterocycles. The standard InChI is InChI=1S/C24H27F4N3O3.C2HF3O2/c1-33-18-7-6-14(12-19(18)34-2)23-9-8-15(13-20(23)30-11-10-23)31(22(29)32)17-5-3-4-16(21(17)25)24(26,27)28;3-2(4,5)1(6)7/h3-7,12,15,20,30H,8-11,13H2,1-2H3,(H2,29,32);(H,6,7)/t15-,20+,23+;/m0./s1. The Balaban J connectivity index is 0.000000587. The third kappa shape index (κ3) is 6.60. The number of amides is 2. The van der Waals surface area contributed by atoms with Gasteiger partial charge in [0.2, 0.25) is 0 Å². The molecule has 2 aromatic rings. The van der Waals surface area contributed by atoms with Crippen LogP contribution in [0.3, 0.4) is 0 Å². The summed E-state index contributed by atoms with van der Waals surface area (Å²) in [5.41, 5.74) is 4.48. The first-order valence-electron chi connectivity index (χ1n) is 12.3. The van der Waals surface area contributed by atoms with Gasteiger partial charge < -0.3 is 25.6 Å². The van der Waals surface area contributed by atoms with Gasteiger partial charge in [-0.1, -0.05) is 12.1 Å². The highest BCUT2D eigenvalue weighted by atomic mass is 19.4. The monoisotopic (exact) mass is 595 g/mol. The van der Waals surface area contributed by atoms with Crippen LogP contribution >= 0.6 is 0 Å². The molecule has 0 radical (unpaired) electrons. The average molecular weight is 596 g/mol. The Morgan fingerprint density at radius 2 is 1.68 bits per heavy atom. The fourth-order valence-electron chi connectivity index (χ4n) is 5.55. The van der Waals surface area contributed by atoms with Gasteiger partial charge in [-0.2, -0.15) is 26.3 Å². The number of alkyl halides is 6. The molecule has 4 rings (SSSR count). The molecule has 2 aromatic carbocycles. The van der Waals surface area contributed by atoms with Crippen molar-refractivity contribution in [3.05, 3.63) is 53.3 Å². The van der Waals surface area contributed by atoms with Gasteiger partial charge in [-0.3, -0.25) is 4.90 Å². The number of benzene rings is 2. The maximum Gasteiger partial charge on any atom is 0.490 e. The summed E-state index contributed by atoms with van der Waals surface area (Å²) in [6.07, 6.45) is -7.63. The SMILES string of the molecule is COc1ccc([C@@]23CCN[C@@H]2C[C@@H](N(C(N)=O)c2cccc(C(F)(F)F)c2F)CC3)cc1OC.O=C(O)C(F)(F)F. The van der Waals surface area contributed by atoms with Gasteiger partial charge >= 0.3 is 24.4 Å². The number of rotatable bonds is 5. The maximum absolute atomic E-state index is 14.9. The van der Waals surface area contributed by atoms with Gasteiger partial charge in [0.1, 0.15) is 0 Å². The van der Waals surface area contributed by atoms with E-state index in [0.717, 1.165) is 35.6 Å². The predicted molar refractivity (Wildman–Crippen MR) is 132 cm³/mol. The number of carboxylic acid groups (broad SMARTS) is 1. The van der Waals surface area contributed by atoms with Gasteiger partial charge in [0.25, 0.3) is 0 Å². The van der Waals surface area contributed by atoms with Crippen molar-refractivity contribution in [3.63, 3.8) is 0 Å². The molecule has 0 aromatic heterocycles. The van der Waals surface area contributed by atoms with Gasteiger partial charge in [0, 0.05) is 17.5 Å². The summed E-state index contributed by atoms with van der Waals surface area (Å²) >= 11 is 0. The van der Waals surface area contributed by atoms with Crippen molar-refractivity contribution in [2.75, 3.05) is 25.7 Å². The number of hydrogen-bond acceptors (Lipinski definition) is 5. The molecule has 4 N–H and O–H groups in total. The van der Waals surface area contributed by atoms with Crippen molar-refractivity contribution in [1.82, 2.24) is 5.32 Å². The Hall–Kier alpha value is -3.75. The number of nitrogens with one attached hydrogen (secondary N) is 1. The molecular weight excluding hydrogens is 567 g/mol. The first-order valence-corrected chi connectivity index (χ1v) is 12.3. The Morgan fingerprint density at radius 3 is 2.22 bits per heavy atom. The van der Waals surface area contributed by atoms with Gasteiger partial charge in [-0.15, -0.1) is 0 Å². The minimum Gasteiger partial charge on any atom is -0.493 e. The molecule has 0 bridgehead atoms. The van der Waals surface area contributed by atoms with E-state index < -0.39 is 47.5 Å². The highest BCUT2D eigenvalue weighted by molar-refractivity contribution is 5.91. The van der Waals surface area contributed by atoms with Gasteiger partial charge in [0.05, 0.1) is 25.5 Å². The van der Waals surface area contributed by atoms with E-state index in [4.69, 9.17) is 25.1 Å². The number of hydrogen-bond donors (Lipinski definition) is 3. The van der Waals surface area contributed by atoms with Crippen LogP contribution in [0.4, 0.5) is 41.2 Å². The van der Waals surface area contributed by atoms with E-state index in [1.54, 1.807) is 14.2 Å². The highest BCUT2D eigenvalue weighted by Crippen LogP contribution is 2.48. The number of urea groups is 1. The van der Waals surface area contributed by atoms with E-state index in [0.29, 0.717) is 36.8 Å². The Labute approximate surface area is 230 Å². The largest absolute Gasteiger partial charge is 0.493 e. The Morgan fingerprint density at radius 1 is 1.05 bits per heavy atom. The molecule has 1 heterocycles. The maximum atomic E-state index is 14.9. The lowest BCUT2D eigenvalue weighted by Gasteiger charge is -2.45. The zero-order valence-corrected chi connectivity index (χ0v) is 21.9. The lowest BCUT2D eigenvalue weighted by molar-refractivity contribution is -0.192. The van der Waals surface area contributed by atoms with Gasteiger partial charge in [-0.25, -0.2) is 14.0 Å². The highest BCUT2D eigenvalue weighted by Gasteiger charge is 2.50. The third-order valence-corrected chi connectivity index (χ3v) is 7.41. The van der Waals surface area contributed by atoms with E-state index in [1.807, 2.05) is 18.2 Å². The van der Waals surface area contributed by atoms with E-state index in [9.17, 15) is 35.5 Å². The second kappa shape index (κ2) is 12.0. The van der Waals surface area contributed by atoms with Crippen LogP contribution in [0.15, 0.2) is 36.4 Å². The van der Waals surface area contributed by atoms with Gasteiger partial charge in [0.15, 0.2) is 17.3 Å². The molecule has 2 aliphatic rings. The van der Waals surface area contributed by atoms with E-state index in [1.165, 1.54) is 0 Å². The van der Waals surface area contributed by atoms with Crippen molar-refractivity contribution >= 4 is 17.7 Å². The van der Waals surface area contributed by atoms with E-state index >= 15 is 0 Å². The number of aliphatic carboxylic acids is 1. The van der Waals surface area contributed by atoms with E-state index in [2.05, 4.69) is 5.32 Å².